The van der Waals surface area contributed by atoms with Gasteiger partial charge in [0.25, 0.3) is 5.91 Å². The molecular weight excluding hydrogens is 396 g/mol. The van der Waals surface area contributed by atoms with Gasteiger partial charge in [-0.15, -0.1) is 0 Å². The Balaban J connectivity index is 1.93. The lowest BCUT2D eigenvalue weighted by Gasteiger charge is -2.28. The highest BCUT2D eigenvalue weighted by atomic mass is 32.2. The molecule has 1 saturated heterocycles. The van der Waals surface area contributed by atoms with Crippen molar-refractivity contribution >= 4 is 28.9 Å². The minimum Gasteiger partial charge on any atom is -0.507 e. The predicted molar refractivity (Wildman–Crippen MR) is 124 cm³/mol. The van der Waals surface area contributed by atoms with Crippen LogP contribution in [-0.2, 0) is 15.6 Å². The summed E-state index contributed by atoms with van der Waals surface area (Å²) in [5, 5.41) is 18.0. The number of amides is 1. The minimum atomic E-state index is -0.236. The predicted octanol–water partition coefficient (Wildman–Crippen LogP) is 5.54. The van der Waals surface area contributed by atoms with Gasteiger partial charge in [-0.05, 0) is 58.5 Å². The Morgan fingerprint density at radius 1 is 1.00 bits per heavy atom. The molecule has 2 aromatic carbocycles. The number of phenols is 1. The van der Waals surface area contributed by atoms with E-state index in [1.807, 2.05) is 36.4 Å². The molecule has 0 spiro atoms. The molecule has 3 rings (SSSR count). The number of benzene rings is 2. The van der Waals surface area contributed by atoms with Gasteiger partial charge in [0.1, 0.15) is 5.75 Å². The van der Waals surface area contributed by atoms with Crippen LogP contribution in [0.1, 0.15) is 58.2 Å². The first-order chi connectivity index (χ1) is 13.9. The van der Waals surface area contributed by atoms with Crippen LogP contribution in [0, 0.1) is 0 Å². The fraction of sp³-hybridized carbons (Fsp3) is 0.333. The number of rotatable bonds is 3. The van der Waals surface area contributed by atoms with Gasteiger partial charge in [-0.3, -0.25) is 10.1 Å². The van der Waals surface area contributed by atoms with Crippen molar-refractivity contribution in [2.24, 2.45) is 5.16 Å². The van der Waals surface area contributed by atoms with Crippen LogP contribution >= 0.6 is 11.8 Å². The zero-order valence-corrected chi connectivity index (χ0v) is 19.1. The highest BCUT2D eigenvalue weighted by molar-refractivity contribution is 8.18. The summed E-state index contributed by atoms with van der Waals surface area (Å²) >= 11 is 1.23. The van der Waals surface area contributed by atoms with Gasteiger partial charge in [0.05, 0.1) is 4.91 Å². The molecule has 1 aliphatic heterocycles. The number of hydrogen-bond donors (Lipinski definition) is 2. The van der Waals surface area contributed by atoms with E-state index in [1.165, 1.54) is 11.8 Å². The van der Waals surface area contributed by atoms with E-state index in [0.717, 1.165) is 16.7 Å². The maximum Gasteiger partial charge on any atom is 0.264 e. The summed E-state index contributed by atoms with van der Waals surface area (Å²) in [5.41, 5.74) is 2.10. The average molecular weight is 425 g/mol. The molecule has 1 heterocycles. The number of oxime groups is 1. The number of carbonyl (C=O) groups excluding carboxylic acids is 1. The highest BCUT2D eigenvalue weighted by Gasteiger charge is 2.28. The van der Waals surface area contributed by atoms with E-state index in [0.29, 0.717) is 21.6 Å². The minimum absolute atomic E-state index is 0.224. The molecule has 2 N–H and O–H groups in total. The van der Waals surface area contributed by atoms with E-state index < -0.39 is 0 Å². The third-order valence-corrected chi connectivity index (χ3v) is 5.57. The van der Waals surface area contributed by atoms with Crippen LogP contribution in [0.15, 0.2) is 52.5 Å². The van der Waals surface area contributed by atoms with Gasteiger partial charge in [0, 0.05) is 11.1 Å². The smallest absolute Gasteiger partial charge is 0.264 e. The third kappa shape index (κ3) is 5.05. The second-order valence-corrected chi connectivity index (χ2v) is 10.4. The van der Waals surface area contributed by atoms with E-state index in [2.05, 4.69) is 52.0 Å². The SMILES string of the molecule is CC(C)(C)c1cc(/C=C2\S/C(=N/Oc3ccccc3)NC2=O)cc(C(C)(C)C)c1O. The molecule has 0 saturated carbocycles. The first kappa shape index (κ1) is 22.0. The zero-order valence-electron chi connectivity index (χ0n) is 18.2. The first-order valence-electron chi connectivity index (χ1n) is 9.84. The number of aromatic hydroxyl groups is 1. The van der Waals surface area contributed by atoms with Crippen LogP contribution in [0.25, 0.3) is 6.08 Å². The molecule has 0 atom stereocenters. The normalized spacial score (nSPS) is 17.5. The van der Waals surface area contributed by atoms with Crippen LogP contribution < -0.4 is 10.2 Å². The number of nitrogens with one attached hydrogen (secondary N) is 1. The Kier molecular flexibility index (Phi) is 5.99. The molecule has 2 aromatic rings. The van der Waals surface area contributed by atoms with Crippen LogP contribution in [0.4, 0.5) is 0 Å². The lowest BCUT2D eigenvalue weighted by molar-refractivity contribution is -0.115. The Labute approximate surface area is 182 Å². The Bertz CT molecular complexity index is 978. The Morgan fingerprint density at radius 3 is 2.10 bits per heavy atom. The Morgan fingerprint density at radius 2 is 1.57 bits per heavy atom. The fourth-order valence-corrected chi connectivity index (χ4v) is 3.85. The third-order valence-electron chi connectivity index (χ3n) is 4.67. The maximum atomic E-state index is 12.4. The van der Waals surface area contributed by atoms with Crippen molar-refractivity contribution in [1.29, 1.82) is 0 Å². The number of nitrogens with zero attached hydrogens (tertiary/aromatic N) is 1. The average Bonchev–Trinajstić information content (AvgIpc) is 3.00. The standard InChI is InChI=1S/C24H28N2O3S/c1-23(2,3)17-12-15(13-18(20(17)27)24(4,5)6)14-19-21(28)25-22(30-19)26-29-16-10-8-7-9-11-16/h7-14,27H,1-6H3,(H,25,26,28)/b19-14-. The molecule has 5 nitrogen and oxygen atoms in total. The zero-order chi connectivity index (χ0) is 22.1. The molecule has 1 amide bonds. The number of hydrogen-bond acceptors (Lipinski definition) is 5. The molecule has 1 aliphatic rings. The van der Waals surface area contributed by atoms with Crippen molar-refractivity contribution in [1.82, 2.24) is 5.32 Å². The fourth-order valence-electron chi connectivity index (χ4n) is 3.08. The topological polar surface area (TPSA) is 70.9 Å². The second kappa shape index (κ2) is 8.19. The quantitative estimate of drug-likeness (QED) is 0.501. The second-order valence-electron chi connectivity index (χ2n) is 9.33. The lowest BCUT2D eigenvalue weighted by Crippen LogP contribution is -2.20. The van der Waals surface area contributed by atoms with Gasteiger partial charge < -0.3 is 9.94 Å². The number of phenolic OH excluding ortho intramolecular Hbond substituents is 1. The molecule has 1 fully saturated rings. The van der Waals surface area contributed by atoms with Gasteiger partial charge in [-0.1, -0.05) is 64.9 Å². The summed E-state index contributed by atoms with van der Waals surface area (Å²) in [6.45, 7) is 12.4. The molecule has 0 aliphatic carbocycles. The molecule has 0 aromatic heterocycles. The summed E-state index contributed by atoms with van der Waals surface area (Å²) in [6.07, 6.45) is 1.83. The Hall–Kier alpha value is -2.73. The van der Waals surface area contributed by atoms with Crippen molar-refractivity contribution in [3.63, 3.8) is 0 Å². The van der Waals surface area contributed by atoms with E-state index in [4.69, 9.17) is 4.84 Å². The van der Waals surface area contributed by atoms with E-state index in [-0.39, 0.29) is 16.7 Å². The van der Waals surface area contributed by atoms with Gasteiger partial charge in [0.15, 0.2) is 5.75 Å². The van der Waals surface area contributed by atoms with Gasteiger partial charge in [-0.25, -0.2) is 0 Å². The molecule has 0 radical (unpaired) electrons. The van der Waals surface area contributed by atoms with Crippen LogP contribution in [-0.4, -0.2) is 16.2 Å². The molecular formula is C24H28N2O3S. The molecule has 158 valence electrons. The molecule has 0 unspecified atom stereocenters. The summed E-state index contributed by atoms with van der Waals surface area (Å²) in [6, 6.07) is 13.1. The lowest BCUT2D eigenvalue weighted by atomic mass is 9.78. The van der Waals surface area contributed by atoms with Crippen molar-refractivity contribution in [2.75, 3.05) is 0 Å². The number of amidine groups is 1. The summed E-state index contributed by atoms with van der Waals surface area (Å²) < 4.78 is 0. The van der Waals surface area contributed by atoms with Crippen LogP contribution in [0.3, 0.4) is 0 Å². The van der Waals surface area contributed by atoms with Crippen molar-refractivity contribution < 1.29 is 14.7 Å². The van der Waals surface area contributed by atoms with Gasteiger partial charge in [-0.2, -0.15) is 0 Å². The highest BCUT2D eigenvalue weighted by Crippen LogP contribution is 2.40. The van der Waals surface area contributed by atoms with Crippen LogP contribution in [0.5, 0.6) is 11.5 Å². The van der Waals surface area contributed by atoms with E-state index in [9.17, 15) is 9.90 Å². The number of para-hydroxylation sites is 1. The van der Waals surface area contributed by atoms with Crippen molar-refractivity contribution in [3.05, 3.63) is 64.1 Å². The van der Waals surface area contributed by atoms with Gasteiger partial charge >= 0.3 is 0 Å². The largest absolute Gasteiger partial charge is 0.507 e. The molecule has 6 heteroatoms. The maximum absolute atomic E-state index is 12.4. The van der Waals surface area contributed by atoms with Crippen molar-refractivity contribution in [3.8, 4) is 11.5 Å². The van der Waals surface area contributed by atoms with Crippen molar-refractivity contribution in [2.45, 2.75) is 52.4 Å². The molecule has 0 bridgehead atoms. The van der Waals surface area contributed by atoms with Crippen LogP contribution in [0.2, 0.25) is 0 Å². The molecule has 30 heavy (non-hydrogen) atoms. The van der Waals surface area contributed by atoms with Gasteiger partial charge in [0.2, 0.25) is 5.17 Å². The number of thioether (sulfide) groups is 1. The summed E-state index contributed by atoms with van der Waals surface area (Å²) in [7, 11) is 0. The van der Waals surface area contributed by atoms with E-state index >= 15 is 0 Å². The van der Waals surface area contributed by atoms with E-state index in [1.54, 1.807) is 12.1 Å². The summed E-state index contributed by atoms with van der Waals surface area (Å²) in [5.74, 6) is 0.692. The number of carbonyl (C=O) groups is 1. The summed E-state index contributed by atoms with van der Waals surface area (Å²) in [4.78, 5) is 18.3. The first-order valence-corrected chi connectivity index (χ1v) is 10.7. The monoisotopic (exact) mass is 424 g/mol.